The lowest BCUT2D eigenvalue weighted by Crippen LogP contribution is -2.39. The largest absolute Gasteiger partial charge is 0.496 e. The zero-order chi connectivity index (χ0) is 19.4. The SMILES string of the molecule is COc1ccc(C)cc1CN(C)[C@@H](C)C(=O)Nc1cccc2ccccc12. The van der Waals surface area contributed by atoms with Gasteiger partial charge in [-0.25, -0.2) is 0 Å². The van der Waals surface area contributed by atoms with Crippen molar-refractivity contribution in [3.05, 3.63) is 71.8 Å². The number of likely N-dealkylation sites (N-methyl/N-ethyl adjacent to an activating group) is 1. The third kappa shape index (κ3) is 4.29. The molecule has 0 aliphatic rings. The summed E-state index contributed by atoms with van der Waals surface area (Å²) in [7, 11) is 3.62. The monoisotopic (exact) mass is 362 g/mol. The van der Waals surface area contributed by atoms with E-state index in [1.54, 1.807) is 7.11 Å². The van der Waals surface area contributed by atoms with E-state index in [-0.39, 0.29) is 11.9 Å². The van der Waals surface area contributed by atoms with Crippen LogP contribution in [0.1, 0.15) is 18.1 Å². The van der Waals surface area contributed by atoms with Crippen LogP contribution in [0.15, 0.2) is 60.7 Å². The minimum Gasteiger partial charge on any atom is -0.496 e. The summed E-state index contributed by atoms with van der Waals surface area (Å²) in [4.78, 5) is 14.9. The van der Waals surface area contributed by atoms with E-state index in [1.807, 2.05) is 73.5 Å². The number of ether oxygens (including phenoxy) is 1. The standard InChI is InChI=1S/C23H26N2O2/c1-16-12-13-22(27-4)19(14-16)15-25(3)17(2)23(26)24-21-11-7-9-18-8-5-6-10-20(18)21/h5-14,17H,15H2,1-4H3,(H,24,26)/t17-/m0/s1. The van der Waals surface area contributed by atoms with Crippen molar-refractivity contribution >= 4 is 22.4 Å². The number of fused-ring (bicyclic) bond motifs is 1. The summed E-state index contributed by atoms with van der Waals surface area (Å²) in [6.45, 7) is 4.61. The summed E-state index contributed by atoms with van der Waals surface area (Å²) in [6, 6.07) is 19.8. The van der Waals surface area contributed by atoms with Crippen LogP contribution in [0.25, 0.3) is 10.8 Å². The molecular weight excluding hydrogens is 336 g/mol. The Hall–Kier alpha value is -2.85. The molecule has 1 N–H and O–H groups in total. The topological polar surface area (TPSA) is 41.6 Å². The number of methoxy groups -OCH3 is 1. The Morgan fingerprint density at radius 1 is 1.11 bits per heavy atom. The number of carbonyl (C=O) groups excluding carboxylic acids is 1. The van der Waals surface area contributed by atoms with Crippen LogP contribution < -0.4 is 10.1 Å². The van der Waals surface area contributed by atoms with Gasteiger partial charge in [0.25, 0.3) is 0 Å². The molecule has 0 fully saturated rings. The Bertz CT molecular complexity index is 947. The molecule has 3 aromatic rings. The molecule has 27 heavy (non-hydrogen) atoms. The number of hydrogen-bond acceptors (Lipinski definition) is 3. The highest BCUT2D eigenvalue weighted by atomic mass is 16.5. The molecule has 0 aliphatic heterocycles. The lowest BCUT2D eigenvalue weighted by atomic mass is 10.1. The summed E-state index contributed by atoms with van der Waals surface area (Å²) < 4.78 is 5.46. The molecular formula is C23H26N2O2. The molecule has 0 saturated carbocycles. The molecule has 0 radical (unpaired) electrons. The maximum absolute atomic E-state index is 12.8. The lowest BCUT2D eigenvalue weighted by molar-refractivity contribution is -0.120. The number of anilines is 1. The Morgan fingerprint density at radius 2 is 1.85 bits per heavy atom. The van der Waals surface area contributed by atoms with E-state index in [4.69, 9.17) is 4.74 Å². The van der Waals surface area contributed by atoms with Gasteiger partial charge in [0.15, 0.2) is 0 Å². The summed E-state index contributed by atoms with van der Waals surface area (Å²) in [5.41, 5.74) is 3.09. The minimum absolute atomic E-state index is 0.0273. The van der Waals surface area contributed by atoms with Gasteiger partial charge in [-0.1, -0.05) is 54.1 Å². The molecule has 1 atom stereocenters. The second-order valence-electron chi connectivity index (χ2n) is 6.92. The van der Waals surface area contributed by atoms with Crippen molar-refractivity contribution in [2.45, 2.75) is 26.4 Å². The number of hydrogen-bond donors (Lipinski definition) is 1. The van der Waals surface area contributed by atoms with Gasteiger partial charge in [0.2, 0.25) is 5.91 Å². The highest BCUT2D eigenvalue weighted by molar-refractivity contribution is 6.03. The van der Waals surface area contributed by atoms with Gasteiger partial charge in [-0.15, -0.1) is 0 Å². The first-order valence-electron chi connectivity index (χ1n) is 9.12. The quantitative estimate of drug-likeness (QED) is 0.696. The van der Waals surface area contributed by atoms with Crippen molar-refractivity contribution < 1.29 is 9.53 Å². The summed E-state index contributed by atoms with van der Waals surface area (Å²) in [6.07, 6.45) is 0. The van der Waals surface area contributed by atoms with Crippen LogP contribution in [0.4, 0.5) is 5.69 Å². The number of aryl methyl sites for hydroxylation is 1. The fraction of sp³-hybridized carbons (Fsp3) is 0.261. The highest BCUT2D eigenvalue weighted by Gasteiger charge is 2.20. The van der Waals surface area contributed by atoms with Crippen molar-refractivity contribution in [3.8, 4) is 5.75 Å². The smallest absolute Gasteiger partial charge is 0.241 e. The molecule has 4 heteroatoms. The molecule has 3 rings (SSSR count). The molecule has 4 nitrogen and oxygen atoms in total. The summed E-state index contributed by atoms with van der Waals surface area (Å²) in [5.74, 6) is 0.814. The first-order valence-corrected chi connectivity index (χ1v) is 9.12. The maximum Gasteiger partial charge on any atom is 0.241 e. The van der Waals surface area contributed by atoms with Gasteiger partial charge in [-0.05, 0) is 38.4 Å². The number of nitrogens with zero attached hydrogens (tertiary/aromatic N) is 1. The van der Waals surface area contributed by atoms with Gasteiger partial charge in [0, 0.05) is 23.2 Å². The van der Waals surface area contributed by atoms with Crippen molar-refractivity contribution in [1.82, 2.24) is 4.90 Å². The van der Waals surface area contributed by atoms with Crippen LogP contribution in [0, 0.1) is 6.92 Å². The summed E-state index contributed by atoms with van der Waals surface area (Å²) in [5, 5.41) is 5.24. The fourth-order valence-electron chi connectivity index (χ4n) is 3.21. The lowest BCUT2D eigenvalue weighted by Gasteiger charge is -2.25. The minimum atomic E-state index is -0.283. The highest BCUT2D eigenvalue weighted by Crippen LogP contribution is 2.24. The van der Waals surface area contributed by atoms with Crippen LogP contribution >= 0.6 is 0 Å². The third-order valence-corrected chi connectivity index (χ3v) is 4.94. The molecule has 0 bridgehead atoms. The first kappa shape index (κ1) is 18.9. The molecule has 3 aromatic carbocycles. The van der Waals surface area contributed by atoms with Gasteiger partial charge in [0.05, 0.1) is 13.2 Å². The van der Waals surface area contributed by atoms with Gasteiger partial charge in [-0.2, -0.15) is 0 Å². The molecule has 0 spiro atoms. The van der Waals surface area contributed by atoms with Crippen LogP contribution in [0.5, 0.6) is 5.75 Å². The number of nitrogens with one attached hydrogen (secondary N) is 1. The number of carbonyl (C=O) groups is 1. The predicted octanol–water partition coefficient (Wildman–Crippen LogP) is 4.62. The van der Waals surface area contributed by atoms with Gasteiger partial charge in [-0.3, -0.25) is 9.69 Å². The van der Waals surface area contributed by atoms with Crippen LogP contribution in [0.3, 0.4) is 0 Å². The van der Waals surface area contributed by atoms with E-state index in [2.05, 4.69) is 18.3 Å². The molecule has 1 amide bonds. The van der Waals surface area contributed by atoms with E-state index in [1.165, 1.54) is 5.56 Å². The van der Waals surface area contributed by atoms with Crippen LogP contribution in [0.2, 0.25) is 0 Å². The summed E-state index contributed by atoms with van der Waals surface area (Å²) >= 11 is 0. The van der Waals surface area contributed by atoms with Crippen molar-refractivity contribution in [3.63, 3.8) is 0 Å². The normalized spacial score (nSPS) is 12.2. The van der Waals surface area contributed by atoms with E-state index in [9.17, 15) is 4.79 Å². The molecule has 0 aliphatic carbocycles. The Kier molecular flexibility index (Phi) is 5.77. The van der Waals surface area contributed by atoms with E-state index < -0.39 is 0 Å². The average Bonchev–Trinajstić information content (AvgIpc) is 2.67. The zero-order valence-corrected chi connectivity index (χ0v) is 16.3. The second-order valence-corrected chi connectivity index (χ2v) is 6.92. The molecule has 0 aromatic heterocycles. The van der Waals surface area contributed by atoms with Crippen molar-refractivity contribution in [1.29, 1.82) is 0 Å². The van der Waals surface area contributed by atoms with Crippen LogP contribution in [-0.2, 0) is 11.3 Å². The number of amides is 1. The Balaban J connectivity index is 1.74. The van der Waals surface area contributed by atoms with Crippen molar-refractivity contribution in [2.75, 3.05) is 19.5 Å². The first-order chi connectivity index (χ1) is 13.0. The van der Waals surface area contributed by atoms with E-state index in [0.717, 1.165) is 27.8 Å². The Labute approximate surface area is 160 Å². The molecule has 0 heterocycles. The average molecular weight is 362 g/mol. The zero-order valence-electron chi connectivity index (χ0n) is 16.3. The van der Waals surface area contributed by atoms with E-state index in [0.29, 0.717) is 6.54 Å². The Morgan fingerprint density at radius 3 is 2.63 bits per heavy atom. The van der Waals surface area contributed by atoms with Crippen molar-refractivity contribution in [2.24, 2.45) is 0 Å². The third-order valence-electron chi connectivity index (χ3n) is 4.94. The maximum atomic E-state index is 12.8. The van der Waals surface area contributed by atoms with Crippen LogP contribution in [-0.4, -0.2) is 31.0 Å². The van der Waals surface area contributed by atoms with E-state index >= 15 is 0 Å². The number of benzene rings is 3. The van der Waals surface area contributed by atoms with Gasteiger partial charge in [0.1, 0.15) is 5.75 Å². The second kappa shape index (κ2) is 8.23. The predicted molar refractivity (Wildman–Crippen MR) is 111 cm³/mol. The fourth-order valence-corrected chi connectivity index (χ4v) is 3.21. The molecule has 140 valence electrons. The number of rotatable bonds is 6. The molecule has 0 unspecified atom stereocenters. The molecule has 0 saturated heterocycles. The van der Waals surface area contributed by atoms with Gasteiger partial charge < -0.3 is 10.1 Å². The van der Waals surface area contributed by atoms with Gasteiger partial charge >= 0.3 is 0 Å².